The summed E-state index contributed by atoms with van der Waals surface area (Å²) in [5, 5.41) is 5.87. The van der Waals surface area contributed by atoms with Gasteiger partial charge in [-0.25, -0.2) is 0 Å². The fraction of sp³-hybridized carbons (Fsp3) is 0.381. The number of aromatic nitrogens is 1. The van der Waals surface area contributed by atoms with E-state index in [9.17, 15) is 9.59 Å². The van der Waals surface area contributed by atoms with E-state index in [1.54, 1.807) is 25.4 Å². The topological polar surface area (TPSA) is 83.6 Å². The van der Waals surface area contributed by atoms with Gasteiger partial charge in [-0.1, -0.05) is 19.1 Å². The highest BCUT2D eigenvalue weighted by Gasteiger charge is 2.29. The summed E-state index contributed by atoms with van der Waals surface area (Å²) in [4.78, 5) is 31.2. The molecule has 1 unspecified atom stereocenters. The van der Waals surface area contributed by atoms with Gasteiger partial charge in [0, 0.05) is 43.3 Å². The van der Waals surface area contributed by atoms with Crippen LogP contribution in [-0.4, -0.2) is 48.0 Å². The quantitative estimate of drug-likeness (QED) is 0.803. The molecule has 1 saturated heterocycles. The predicted molar refractivity (Wildman–Crippen MR) is 108 cm³/mol. The maximum atomic E-state index is 13.2. The average Bonchev–Trinajstić information content (AvgIpc) is 2.72. The predicted octanol–water partition coefficient (Wildman–Crippen LogP) is 2.75. The lowest BCUT2D eigenvalue weighted by Crippen LogP contribution is -2.44. The minimum Gasteiger partial charge on any atom is -0.379 e. The van der Waals surface area contributed by atoms with Crippen LogP contribution in [0.3, 0.4) is 0 Å². The number of carbonyl (C=O) groups excluding carboxylic acids is 2. The minimum atomic E-state index is -0.453. The Balaban J connectivity index is 1.83. The highest BCUT2D eigenvalue weighted by atomic mass is 16.5. The summed E-state index contributed by atoms with van der Waals surface area (Å²) in [6.45, 7) is 6.28. The van der Waals surface area contributed by atoms with E-state index >= 15 is 0 Å². The smallest absolute Gasteiger partial charge is 0.246 e. The van der Waals surface area contributed by atoms with Crippen molar-refractivity contribution < 1.29 is 14.3 Å². The molecule has 0 aliphatic carbocycles. The van der Waals surface area contributed by atoms with E-state index in [1.807, 2.05) is 31.2 Å². The molecule has 1 aromatic heterocycles. The number of carbonyl (C=O) groups is 2. The first kappa shape index (κ1) is 20.0. The Bertz CT molecular complexity index is 820. The molecule has 0 bridgehead atoms. The van der Waals surface area contributed by atoms with E-state index in [0.29, 0.717) is 44.1 Å². The number of anilines is 2. The van der Waals surface area contributed by atoms with Gasteiger partial charge in [-0.05, 0) is 36.2 Å². The van der Waals surface area contributed by atoms with Crippen LogP contribution in [0.4, 0.5) is 11.4 Å². The number of hydrogen-bond acceptors (Lipinski definition) is 5. The monoisotopic (exact) mass is 382 g/mol. The Labute approximate surface area is 165 Å². The van der Waals surface area contributed by atoms with Crippen LogP contribution in [0.25, 0.3) is 0 Å². The third kappa shape index (κ3) is 4.94. The lowest BCUT2D eigenvalue weighted by Gasteiger charge is -2.33. The summed E-state index contributed by atoms with van der Waals surface area (Å²) < 4.78 is 5.44. The largest absolute Gasteiger partial charge is 0.379 e. The van der Waals surface area contributed by atoms with Crippen LogP contribution in [0.5, 0.6) is 0 Å². The number of aryl methyl sites for hydroxylation is 1. The first-order valence-electron chi connectivity index (χ1n) is 9.51. The lowest BCUT2D eigenvalue weighted by molar-refractivity contribution is -0.123. The van der Waals surface area contributed by atoms with Gasteiger partial charge in [-0.2, -0.15) is 0 Å². The van der Waals surface area contributed by atoms with Crippen LogP contribution in [-0.2, 0) is 14.3 Å². The molecule has 0 saturated carbocycles. The summed E-state index contributed by atoms with van der Waals surface area (Å²) >= 11 is 0. The van der Waals surface area contributed by atoms with Crippen LogP contribution in [0.15, 0.2) is 42.7 Å². The molecule has 0 radical (unpaired) electrons. The van der Waals surface area contributed by atoms with Crippen LogP contribution < -0.4 is 10.6 Å². The molecule has 2 aromatic rings. The standard InChI is InChI=1S/C21H26N4O3/c1-3-19(26)23-17-7-6-15(2)18(13-17)24-21(27)20(16-5-4-8-22-14-16)25-9-11-28-12-10-25/h4-8,13-14,20H,3,9-12H2,1-2H3,(H,23,26)(H,24,27). The summed E-state index contributed by atoms with van der Waals surface area (Å²) in [5.74, 6) is -0.195. The van der Waals surface area contributed by atoms with E-state index in [1.165, 1.54) is 0 Å². The summed E-state index contributed by atoms with van der Waals surface area (Å²) in [7, 11) is 0. The van der Waals surface area contributed by atoms with Crippen molar-refractivity contribution in [3.05, 3.63) is 53.9 Å². The van der Waals surface area contributed by atoms with Gasteiger partial charge in [0.15, 0.2) is 0 Å². The third-order valence-corrected chi connectivity index (χ3v) is 4.76. The van der Waals surface area contributed by atoms with E-state index in [-0.39, 0.29) is 11.8 Å². The molecule has 2 N–H and O–H groups in total. The number of benzene rings is 1. The lowest BCUT2D eigenvalue weighted by atomic mass is 10.1. The van der Waals surface area contributed by atoms with E-state index in [2.05, 4.69) is 20.5 Å². The minimum absolute atomic E-state index is 0.0670. The molecule has 148 valence electrons. The Kier molecular flexibility index (Phi) is 6.73. The van der Waals surface area contributed by atoms with Crippen LogP contribution in [0, 0.1) is 6.92 Å². The molecule has 2 amide bonds. The molecule has 1 aliphatic rings. The molecule has 1 atom stereocenters. The SMILES string of the molecule is CCC(=O)Nc1ccc(C)c(NC(=O)C(c2cccnc2)N2CCOCC2)c1. The molecule has 1 aromatic carbocycles. The summed E-state index contributed by atoms with van der Waals surface area (Å²) in [5.41, 5.74) is 3.11. The van der Waals surface area contributed by atoms with Crippen molar-refractivity contribution in [2.45, 2.75) is 26.3 Å². The van der Waals surface area contributed by atoms with Crippen LogP contribution in [0.1, 0.15) is 30.5 Å². The second-order valence-electron chi connectivity index (χ2n) is 6.76. The zero-order valence-corrected chi connectivity index (χ0v) is 16.3. The number of pyridine rings is 1. The van der Waals surface area contributed by atoms with E-state index in [0.717, 1.165) is 11.1 Å². The Morgan fingerprint density at radius 2 is 2.00 bits per heavy atom. The molecule has 0 spiro atoms. The second-order valence-corrected chi connectivity index (χ2v) is 6.76. The van der Waals surface area contributed by atoms with Crippen LogP contribution >= 0.6 is 0 Å². The molecule has 28 heavy (non-hydrogen) atoms. The number of rotatable bonds is 6. The molecule has 7 nitrogen and oxygen atoms in total. The number of nitrogens with one attached hydrogen (secondary N) is 2. The molecular formula is C21H26N4O3. The highest BCUT2D eigenvalue weighted by molar-refractivity contribution is 5.97. The van der Waals surface area contributed by atoms with Gasteiger partial charge in [0.05, 0.1) is 13.2 Å². The number of nitrogens with zero attached hydrogens (tertiary/aromatic N) is 2. The Morgan fingerprint density at radius 3 is 2.68 bits per heavy atom. The highest BCUT2D eigenvalue weighted by Crippen LogP contribution is 2.26. The third-order valence-electron chi connectivity index (χ3n) is 4.76. The number of hydrogen-bond donors (Lipinski definition) is 2. The molecule has 2 heterocycles. The average molecular weight is 382 g/mol. The first-order valence-corrected chi connectivity index (χ1v) is 9.51. The van der Waals surface area contributed by atoms with Crippen LogP contribution in [0.2, 0.25) is 0 Å². The van der Waals surface area contributed by atoms with Crippen molar-refractivity contribution in [1.29, 1.82) is 0 Å². The summed E-state index contributed by atoms with van der Waals surface area (Å²) in [6.07, 6.45) is 3.82. The molecule has 1 aliphatic heterocycles. The Hall–Kier alpha value is -2.77. The normalized spacial score (nSPS) is 15.6. The molecule has 7 heteroatoms. The van der Waals surface area contributed by atoms with E-state index in [4.69, 9.17) is 4.74 Å². The van der Waals surface area contributed by atoms with E-state index < -0.39 is 6.04 Å². The van der Waals surface area contributed by atoms with Gasteiger partial charge in [-0.3, -0.25) is 19.5 Å². The van der Waals surface area contributed by atoms with Crippen molar-refractivity contribution in [2.75, 3.05) is 36.9 Å². The van der Waals surface area contributed by atoms with Gasteiger partial charge in [0.25, 0.3) is 0 Å². The van der Waals surface area contributed by atoms with Crippen molar-refractivity contribution in [2.24, 2.45) is 0 Å². The summed E-state index contributed by atoms with van der Waals surface area (Å²) in [6, 6.07) is 8.80. The fourth-order valence-corrected chi connectivity index (χ4v) is 3.19. The molecule has 1 fully saturated rings. The van der Waals surface area contributed by atoms with Gasteiger partial charge in [0.2, 0.25) is 11.8 Å². The second kappa shape index (κ2) is 9.43. The first-order chi connectivity index (χ1) is 13.6. The fourth-order valence-electron chi connectivity index (χ4n) is 3.19. The molecule has 3 rings (SSSR count). The van der Waals surface area contributed by atoms with Gasteiger partial charge in [0.1, 0.15) is 6.04 Å². The zero-order chi connectivity index (χ0) is 19.9. The number of morpholine rings is 1. The number of amides is 2. The Morgan fingerprint density at radius 1 is 1.21 bits per heavy atom. The van der Waals surface area contributed by atoms with Crippen molar-refractivity contribution in [3.63, 3.8) is 0 Å². The maximum Gasteiger partial charge on any atom is 0.246 e. The van der Waals surface area contributed by atoms with Crippen molar-refractivity contribution in [1.82, 2.24) is 9.88 Å². The van der Waals surface area contributed by atoms with Crippen molar-refractivity contribution in [3.8, 4) is 0 Å². The van der Waals surface area contributed by atoms with Gasteiger partial charge >= 0.3 is 0 Å². The van der Waals surface area contributed by atoms with Gasteiger partial charge in [-0.15, -0.1) is 0 Å². The molecular weight excluding hydrogens is 356 g/mol. The van der Waals surface area contributed by atoms with Gasteiger partial charge < -0.3 is 15.4 Å². The van der Waals surface area contributed by atoms with Crippen molar-refractivity contribution >= 4 is 23.2 Å². The maximum absolute atomic E-state index is 13.2. The zero-order valence-electron chi connectivity index (χ0n) is 16.3. The number of ether oxygens (including phenoxy) is 1.